The molecule has 0 bridgehead atoms. The van der Waals surface area contributed by atoms with Crippen LogP contribution < -0.4 is 9.46 Å². The highest BCUT2D eigenvalue weighted by Crippen LogP contribution is 2.36. The van der Waals surface area contributed by atoms with Gasteiger partial charge in [-0.25, -0.2) is 13.1 Å². The standard InChI is InChI=1S/C16H23NO4S/c18-16(10-11-21-15-9-5-4-8-14(15)16)12-17-22(19,20)13-6-2-1-3-7-13/h4-5,8-9,13,17-18H,1-3,6-7,10-12H2. The highest BCUT2D eigenvalue weighted by atomic mass is 32.2. The molecule has 22 heavy (non-hydrogen) atoms. The molecule has 1 atom stereocenters. The van der Waals surface area contributed by atoms with Gasteiger partial charge >= 0.3 is 0 Å². The molecule has 1 aromatic rings. The van der Waals surface area contributed by atoms with Crippen LogP contribution in [0.1, 0.15) is 44.1 Å². The highest BCUT2D eigenvalue weighted by Gasteiger charge is 2.37. The van der Waals surface area contributed by atoms with Crippen LogP contribution in [0.4, 0.5) is 0 Å². The van der Waals surface area contributed by atoms with Crippen LogP contribution in [0.5, 0.6) is 5.75 Å². The van der Waals surface area contributed by atoms with Gasteiger partial charge in [0.25, 0.3) is 0 Å². The number of hydrogen-bond donors (Lipinski definition) is 2. The molecule has 0 spiro atoms. The first-order valence-electron chi connectivity index (χ1n) is 7.94. The second-order valence-corrected chi connectivity index (χ2v) is 8.30. The van der Waals surface area contributed by atoms with E-state index in [0.29, 0.717) is 37.2 Å². The molecule has 1 aliphatic heterocycles. The first kappa shape index (κ1) is 15.8. The normalized spacial score (nSPS) is 26.2. The molecule has 1 saturated carbocycles. The van der Waals surface area contributed by atoms with Crippen molar-refractivity contribution in [3.63, 3.8) is 0 Å². The summed E-state index contributed by atoms with van der Waals surface area (Å²) in [5.74, 6) is 0.633. The van der Waals surface area contributed by atoms with Crippen LogP contribution in [-0.2, 0) is 15.6 Å². The lowest BCUT2D eigenvalue weighted by atomic mass is 9.88. The zero-order valence-electron chi connectivity index (χ0n) is 12.6. The van der Waals surface area contributed by atoms with Crippen molar-refractivity contribution in [1.82, 2.24) is 4.72 Å². The van der Waals surface area contributed by atoms with Crippen LogP contribution in [-0.4, -0.2) is 31.9 Å². The quantitative estimate of drug-likeness (QED) is 0.887. The van der Waals surface area contributed by atoms with Crippen LogP contribution in [0.2, 0.25) is 0 Å². The van der Waals surface area contributed by atoms with Gasteiger partial charge in [-0.15, -0.1) is 0 Å². The number of fused-ring (bicyclic) bond motifs is 1. The van der Waals surface area contributed by atoms with E-state index in [9.17, 15) is 13.5 Å². The van der Waals surface area contributed by atoms with Gasteiger partial charge in [0, 0.05) is 18.5 Å². The van der Waals surface area contributed by atoms with Gasteiger partial charge in [-0.3, -0.25) is 0 Å². The molecule has 6 heteroatoms. The van der Waals surface area contributed by atoms with Crippen molar-refractivity contribution < 1.29 is 18.3 Å². The Morgan fingerprint density at radius 3 is 2.73 bits per heavy atom. The average Bonchev–Trinajstić information content (AvgIpc) is 2.55. The molecular weight excluding hydrogens is 302 g/mol. The van der Waals surface area contributed by atoms with Crippen molar-refractivity contribution >= 4 is 10.0 Å². The number of aliphatic hydroxyl groups is 1. The smallest absolute Gasteiger partial charge is 0.214 e. The minimum atomic E-state index is -3.37. The molecule has 3 rings (SSSR count). The van der Waals surface area contributed by atoms with E-state index in [-0.39, 0.29) is 11.8 Å². The third-order valence-electron chi connectivity index (χ3n) is 4.72. The number of sulfonamides is 1. The molecule has 1 aromatic carbocycles. The largest absolute Gasteiger partial charge is 0.493 e. The summed E-state index contributed by atoms with van der Waals surface area (Å²) in [5.41, 5.74) is -0.538. The van der Waals surface area contributed by atoms with E-state index in [2.05, 4.69) is 4.72 Å². The highest BCUT2D eigenvalue weighted by molar-refractivity contribution is 7.90. The van der Waals surface area contributed by atoms with E-state index in [4.69, 9.17) is 4.74 Å². The van der Waals surface area contributed by atoms with Crippen LogP contribution >= 0.6 is 0 Å². The number of nitrogens with one attached hydrogen (secondary N) is 1. The molecule has 1 aliphatic carbocycles. The summed E-state index contributed by atoms with van der Waals surface area (Å²) in [6, 6.07) is 7.27. The second-order valence-electron chi connectivity index (χ2n) is 6.25. The fourth-order valence-electron chi connectivity index (χ4n) is 3.34. The summed E-state index contributed by atoms with van der Waals surface area (Å²) in [7, 11) is -3.37. The Kier molecular flexibility index (Phi) is 4.43. The fourth-order valence-corrected chi connectivity index (χ4v) is 4.97. The van der Waals surface area contributed by atoms with E-state index in [1.807, 2.05) is 12.1 Å². The molecule has 2 aliphatic rings. The number of ether oxygens (including phenoxy) is 1. The lowest BCUT2D eigenvalue weighted by molar-refractivity contribution is 0.00213. The summed E-state index contributed by atoms with van der Waals surface area (Å²) in [6.07, 6.45) is 4.86. The number of hydrogen-bond acceptors (Lipinski definition) is 4. The third kappa shape index (κ3) is 3.14. The first-order chi connectivity index (χ1) is 10.5. The molecule has 122 valence electrons. The molecule has 0 saturated heterocycles. The van der Waals surface area contributed by atoms with Gasteiger partial charge in [-0.1, -0.05) is 37.5 Å². The molecule has 2 N–H and O–H groups in total. The Balaban J connectivity index is 1.73. The first-order valence-corrected chi connectivity index (χ1v) is 9.49. The molecule has 1 fully saturated rings. The second kappa shape index (κ2) is 6.18. The Bertz CT molecular complexity index is 625. The predicted molar refractivity (Wildman–Crippen MR) is 84.2 cm³/mol. The summed E-state index contributed by atoms with van der Waals surface area (Å²) in [6.45, 7) is 0.394. The van der Waals surface area contributed by atoms with Crippen LogP contribution in [0.3, 0.4) is 0 Å². The number of rotatable bonds is 4. The van der Waals surface area contributed by atoms with Crippen molar-refractivity contribution in [2.45, 2.75) is 49.4 Å². The van der Waals surface area contributed by atoms with Crippen LogP contribution in [0.25, 0.3) is 0 Å². The molecule has 5 nitrogen and oxygen atoms in total. The van der Waals surface area contributed by atoms with Gasteiger partial charge < -0.3 is 9.84 Å². The average molecular weight is 325 g/mol. The predicted octanol–water partition coefficient (Wildman–Crippen LogP) is 1.91. The fraction of sp³-hybridized carbons (Fsp3) is 0.625. The van der Waals surface area contributed by atoms with E-state index >= 15 is 0 Å². The Morgan fingerprint density at radius 2 is 1.95 bits per heavy atom. The minimum Gasteiger partial charge on any atom is -0.493 e. The van der Waals surface area contributed by atoms with Crippen molar-refractivity contribution in [3.8, 4) is 5.75 Å². The number of benzene rings is 1. The van der Waals surface area contributed by atoms with Gasteiger partial charge in [0.05, 0.1) is 11.9 Å². The monoisotopic (exact) mass is 325 g/mol. The van der Waals surface area contributed by atoms with Crippen LogP contribution in [0, 0.1) is 0 Å². The number of para-hydroxylation sites is 1. The van der Waals surface area contributed by atoms with Gasteiger partial charge in [0.2, 0.25) is 10.0 Å². The van der Waals surface area contributed by atoms with Crippen molar-refractivity contribution in [2.75, 3.05) is 13.2 Å². The zero-order valence-corrected chi connectivity index (χ0v) is 13.4. The Hall–Kier alpha value is -1.11. The summed E-state index contributed by atoms with van der Waals surface area (Å²) in [4.78, 5) is 0. The van der Waals surface area contributed by atoms with Gasteiger partial charge in [0.1, 0.15) is 11.4 Å². The SMILES string of the molecule is O=S(=O)(NCC1(O)CCOc2ccccc21)C1CCCCC1. The van der Waals surface area contributed by atoms with E-state index in [0.717, 1.165) is 19.3 Å². The lowest BCUT2D eigenvalue weighted by Gasteiger charge is -2.35. The summed E-state index contributed by atoms with van der Waals surface area (Å²) < 4.78 is 33.0. The molecule has 0 radical (unpaired) electrons. The third-order valence-corrected chi connectivity index (χ3v) is 6.61. The maximum Gasteiger partial charge on any atom is 0.214 e. The van der Waals surface area contributed by atoms with Gasteiger partial charge in [-0.2, -0.15) is 0 Å². The van der Waals surface area contributed by atoms with E-state index in [1.54, 1.807) is 12.1 Å². The summed E-state index contributed by atoms with van der Waals surface area (Å²) in [5, 5.41) is 10.6. The zero-order chi connectivity index (χ0) is 15.6. The minimum absolute atomic E-state index is 0.00616. The van der Waals surface area contributed by atoms with E-state index in [1.165, 1.54) is 0 Å². The van der Waals surface area contributed by atoms with Crippen LogP contribution in [0.15, 0.2) is 24.3 Å². The lowest BCUT2D eigenvalue weighted by Crippen LogP contribution is -2.46. The van der Waals surface area contributed by atoms with Crippen molar-refractivity contribution in [3.05, 3.63) is 29.8 Å². The van der Waals surface area contributed by atoms with Gasteiger partial charge in [-0.05, 0) is 18.9 Å². The Morgan fingerprint density at radius 1 is 1.23 bits per heavy atom. The van der Waals surface area contributed by atoms with Gasteiger partial charge in [0.15, 0.2) is 0 Å². The maximum absolute atomic E-state index is 12.4. The molecule has 1 unspecified atom stereocenters. The summed E-state index contributed by atoms with van der Waals surface area (Å²) >= 11 is 0. The Labute approximate surface area is 131 Å². The topological polar surface area (TPSA) is 75.6 Å². The molecular formula is C16H23NO4S. The van der Waals surface area contributed by atoms with Crippen molar-refractivity contribution in [2.24, 2.45) is 0 Å². The maximum atomic E-state index is 12.4. The molecule has 0 aromatic heterocycles. The van der Waals surface area contributed by atoms with Crippen molar-refractivity contribution in [1.29, 1.82) is 0 Å². The molecule has 1 heterocycles. The molecule has 0 amide bonds. The van der Waals surface area contributed by atoms with E-state index < -0.39 is 15.6 Å².